The monoisotopic (exact) mass is 709 g/mol. The van der Waals surface area contributed by atoms with E-state index in [1.165, 1.54) is 71.1 Å². The van der Waals surface area contributed by atoms with Crippen LogP contribution in [0.5, 0.6) is 0 Å². The number of fused-ring (bicyclic) bond motifs is 9. The van der Waals surface area contributed by atoms with Gasteiger partial charge in [0.2, 0.25) is 0 Å². The van der Waals surface area contributed by atoms with E-state index in [2.05, 4.69) is 149 Å². The minimum absolute atomic E-state index is 0.349. The molecule has 0 atom stereocenters. The molecule has 4 nitrogen and oxygen atoms in total. The Morgan fingerprint density at radius 3 is 1.93 bits per heavy atom. The molecule has 0 saturated heterocycles. The van der Waals surface area contributed by atoms with E-state index in [1.807, 2.05) is 6.07 Å². The van der Waals surface area contributed by atoms with E-state index in [9.17, 15) is 0 Å². The van der Waals surface area contributed by atoms with Gasteiger partial charge in [0, 0.05) is 37.9 Å². The average Bonchev–Trinajstić information content (AvgIpc) is 3.88. The van der Waals surface area contributed by atoms with Crippen molar-refractivity contribution in [3.05, 3.63) is 151 Å². The van der Waals surface area contributed by atoms with Crippen LogP contribution in [0.1, 0.15) is 44.1 Å². The van der Waals surface area contributed by atoms with Gasteiger partial charge in [0.15, 0.2) is 0 Å². The molecule has 264 valence electrons. The number of benzene rings is 6. The minimum atomic E-state index is 0.349. The zero-order valence-electron chi connectivity index (χ0n) is 30.6. The second-order valence-corrected chi connectivity index (χ2v) is 17.0. The molecule has 55 heavy (non-hydrogen) atoms. The molecular formula is C51H39N3O. The first-order chi connectivity index (χ1) is 27.2. The first-order valence-corrected chi connectivity index (χ1v) is 20.1. The number of rotatable bonds is 4. The number of hydrogen-bond acceptors (Lipinski definition) is 2. The van der Waals surface area contributed by atoms with Crippen LogP contribution in [0.15, 0.2) is 150 Å². The molecular weight excluding hydrogens is 671 g/mol. The van der Waals surface area contributed by atoms with Crippen LogP contribution in [0, 0.1) is 17.8 Å². The molecule has 0 unspecified atom stereocenters. The van der Waals surface area contributed by atoms with Crippen molar-refractivity contribution < 1.29 is 4.42 Å². The number of para-hydroxylation sites is 4. The summed E-state index contributed by atoms with van der Waals surface area (Å²) in [6.07, 6.45) is 10.6. The highest BCUT2D eigenvalue weighted by Gasteiger charge is 2.51. The van der Waals surface area contributed by atoms with Crippen molar-refractivity contribution in [3.63, 3.8) is 0 Å². The fourth-order valence-electron chi connectivity index (χ4n) is 12.0. The summed E-state index contributed by atoms with van der Waals surface area (Å²) in [5, 5.41) is 7.33. The van der Waals surface area contributed by atoms with Crippen molar-refractivity contribution in [3.8, 4) is 22.6 Å². The fourth-order valence-corrected chi connectivity index (χ4v) is 12.0. The largest absolute Gasteiger partial charge is 0.455 e. The molecule has 10 aromatic rings. The van der Waals surface area contributed by atoms with Gasteiger partial charge in [0.05, 0.1) is 34.0 Å². The topological polar surface area (TPSA) is 35.9 Å². The molecule has 0 amide bonds. The van der Waals surface area contributed by atoms with Gasteiger partial charge in [-0.05, 0) is 121 Å². The third kappa shape index (κ3) is 4.25. The van der Waals surface area contributed by atoms with Crippen molar-refractivity contribution in [2.75, 3.05) is 0 Å². The number of hydrogen-bond donors (Lipinski definition) is 0. The van der Waals surface area contributed by atoms with E-state index in [4.69, 9.17) is 9.40 Å². The Morgan fingerprint density at radius 2 is 1.16 bits per heavy atom. The van der Waals surface area contributed by atoms with E-state index < -0.39 is 0 Å². The van der Waals surface area contributed by atoms with Crippen molar-refractivity contribution in [2.24, 2.45) is 17.8 Å². The maximum atomic E-state index is 6.45. The molecule has 4 heteroatoms. The lowest BCUT2D eigenvalue weighted by atomic mass is 9.48. The average molecular weight is 710 g/mol. The molecule has 4 aliphatic carbocycles. The summed E-state index contributed by atoms with van der Waals surface area (Å²) in [5.74, 6) is 3.67. The van der Waals surface area contributed by atoms with Crippen molar-refractivity contribution in [1.82, 2.24) is 14.1 Å². The first kappa shape index (κ1) is 30.2. The molecule has 0 radical (unpaired) electrons. The molecule has 0 spiro atoms. The molecule has 0 N–H and O–H groups in total. The smallest absolute Gasteiger partial charge is 0.143 e. The van der Waals surface area contributed by atoms with Crippen LogP contribution in [0.2, 0.25) is 0 Å². The lowest BCUT2D eigenvalue weighted by molar-refractivity contribution is -0.00513. The summed E-state index contributed by atoms with van der Waals surface area (Å²) >= 11 is 0. The third-order valence-corrected chi connectivity index (χ3v) is 13.9. The lowest BCUT2D eigenvalue weighted by Gasteiger charge is -2.57. The lowest BCUT2D eigenvalue weighted by Crippen LogP contribution is -2.48. The van der Waals surface area contributed by atoms with E-state index in [1.54, 1.807) is 5.56 Å². The molecule has 4 bridgehead atoms. The summed E-state index contributed by atoms with van der Waals surface area (Å²) in [6, 6.07) is 51.1. The van der Waals surface area contributed by atoms with Crippen LogP contribution in [-0.2, 0) is 5.41 Å². The summed E-state index contributed by atoms with van der Waals surface area (Å²) in [6.45, 7) is 0. The van der Waals surface area contributed by atoms with Crippen LogP contribution in [0.4, 0.5) is 0 Å². The first-order valence-electron chi connectivity index (χ1n) is 20.1. The Morgan fingerprint density at radius 1 is 0.509 bits per heavy atom. The Bertz CT molecular complexity index is 3160. The third-order valence-electron chi connectivity index (χ3n) is 13.9. The number of aromatic nitrogens is 3. The molecule has 14 rings (SSSR count). The van der Waals surface area contributed by atoms with Gasteiger partial charge < -0.3 is 8.98 Å². The second-order valence-electron chi connectivity index (χ2n) is 17.0. The summed E-state index contributed by atoms with van der Waals surface area (Å²) in [4.78, 5) is 5.24. The molecule has 6 aromatic carbocycles. The molecule has 4 heterocycles. The predicted octanol–water partition coefficient (Wildman–Crippen LogP) is 13.3. The van der Waals surface area contributed by atoms with Crippen LogP contribution in [0.25, 0.3) is 88.2 Å². The fraction of sp³-hybridized carbons (Fsp3) is 0.196. The highest BCUT2D eigenvalue weighted by Crippen LogP contribution is 2.61. The normalized spacial score (nSPS) is 22.0. The quantitative estimate of drug-likeness (QED) is 0.182. The molecule has 4 aromatic heterocycles. The zero-order valence-corrected chi connectivity index (χ0v) is 30.6. The van der Waals surface area contributed by atoms with Gasteiger partial charge >= 0.3 is 0 Å². The van der Waals surface area contributed by atoms with Gasteiger partial charge in [-0.3, -0.25) is 4.57 Å². The summed E-state index contributed by atoms with van der Waals surface area (Å²) < 4.78 is 11.2. The Balaban J connectivity index is 0.944. The Labute approximate surface area is 318 Å². The maximum absolute atomic E-state index is 6.45. The van der Waals surface area contributed by atoms with Crippen molar-refractivity contribution in [1.29, 1.82) is 0 Å². The number of furan rings is 1. The molecule has 4 saturated carbocycles. The maximum Gasteiger partial charge on any atom is 0.143 e. The predicted molar refractivity (Wildman–Crippen MR) is 225 cm³/mol. The van der Waals surface area contributed by atoms with Crippen LogP contribution in [0.3, 0.4) is 0 Å². The van der Waals surface area contributed by atoms with Gasteiger partial charge in [-0.1, -0.05) is 91.0 Å². The highest BCUT2D eigenvalue weighted by atomic mass is 16.3. The van der Waals surface area contributed by atoms with Gasteiger partial charge in [-0.2, -0.15) is 0 Å². The van der Waals surface area contributed by atoms with Crippen LogP contribution in [-0.4, -0.2) is 14.1 Å². The van der Waals surface area contributed by atoms with Crippen LogP contribution < -0.4 is 0 Å². The summed E-state index contributed by atoms with van der Waals surface area (Å²) in [5.41, 5.74) is 11.9. The Kier molecular flexibility index (Phi) is 6.03. The van der Waals surface area contributed by atoms with E-state index in [0.29, 0.717) is 5.41 Å². The van der Waals surface area contributed by atoms with Gasteiger partial charge in [0.25, 0.3) is 0 Å². The standard InChI is InChI=1S/C51H39N3O/c1-4-13-44-38(8-1)40-19-17-35(51-27-31-22-32(28-51)24-33(23-31)29-51)26-47(40)53(44)36-18-21-49(52-30-36)54-45-14-5-2-9-39(45)43-25-34(16-20-46(43)54)37-11-7-12-42-41-10-3-6-15-48(41)55-50(37)42/h1-21,25-26,30-33H,22-24,27-29H2. The minimum Gasteiger partial charge on any atom is -0.455 e. The van der Waals surface area contributed by atoms with Crippen LogP contribution >= 0.6 is 0 Å². The SMILES string of the molecule is c1ccc2c(c1)oc1c(-c3ccc4c(c3)c3ccccc3n4-c3ccc(-n4c5ccccc5c5ccc(C67CC8CC(CC(C8)C6)C7)cc54)cn3)cccc12. The van der Waals surface area contributed by atoms with Gasteiger partial charge in [-0.25, -0.2) is 4.98 Å². The van der Waals surface area contributed by atoms with E-state index in [0.717, 1.165) is 73.4 Å². The highest BCUT2D eigenvalue weighted by molar-refractivity contribution is 6.13. The number of nitrogens with zero attached hydrogens (tertiary/aromatic N) is 3. The van der Waals surface area contributed by atoms with Gasteiger partial charge in [-0.15, -0.1) is 0 Å². The zero-order chi connectivity index (χ0) is 35.8. The van der Waals surface area contributed by atoms with Crippen molar-refractivity contribution in [2.45, 2.75) is 43.9 Å². The molecule has 4 fully saturated rings. The summed E-state index contributed by atoms with van der Waals surface area (Å²) in [7, 11) is 0. The number of pyridine rings is 1. The molecule has 4 aliphatic rings. The Hall–Kier alpha value is -6.13. The molecule has 0 aliphatic heterocycles. The second kappa shape index (κ2) is 11.0. The van der Waals surface area contributed by atoms with E-state index >= 15 is 0 Å². The van der Waals surface area contributed by atoms with E-state index in [-0.39, 0.29) is 0 Å². The van der Waals surface area contributed by atoms with Crippen molar-refractivity contribution >= 4 is 65.6 Å². The van der Waals surface area contributed by atoms with Gasteiger partial charge in [0.1, 0.15) is 17.0 Å².